The highest BCUT2D eigenvalue weighted by molar-refractivity contribution is 7.89. The number of carboxylic acids is 1. The third-order valence-corrected chi connectivity index (χ3v) is 4.94. The maximum atomic E-state index is 12.4. The van der Waals surface area contributed by atoms with E-state index in [4.69, 9.17) is 5.11 Å². The van der Waals surface area contributed by atoms with Crippen molar-refractivity contribution in [1.29, 1.82) is 0 Å². The first-order chi connectivity index (χ1) is 9.80. The van der Waals surface area contributed by atoms with Gasteiger partial charge in [0.25, 0.3) is 5.69 Å². The molecule has 1 saturated carbocycles. The molecule has 0 unspecified atom stereocenters. The highest BCUT2D eigenvalue weighted by Crippen LogP contribution is 2.32. The zero-order valence-corrected chi connectivity index (χ0v) is 11.8. The number of carboxylic acid groups (broad SMARTS) is 1. The van der Waals surface area contributed by atoms with Crippen molar-refractivity contribution in [3.8, 4) is 0 Å². The summed E-state index contributed by atoms with van der Waals surface area (Å²) < 4.78 is 25.8. The average molecular weight is 314 g/mol. The van der Waals surface area contributed by atoms with Crippen molar-refractivity contribution < 1.29 is 23.2 Å². The van der Waals surface area contributed by atoms with Crippen LogP contribution in [0.3, 0.4) is 0 Å². The van der Waals surface area contributed by atoms with Gasteiger partial charge in [0.05, 0.1) is 9.82 Å². The highest BCUT2D eigenvalue weighted by atomic mass is 32.2. The Balaban J connectivity index is 2.34. The number of aliphatic carboxylic acids is 1. The second kappa shape index (κ2) is 5.78. The van der Waals surface area contributed by atoms with E-state index in [-0.39, 0.29) is 23.0 Å². The van der Waals surface area contributed by atoms with Gasteiger partial charge < -0.3 is 5.11 Å². The monoisotopic (exact) mass is 314 g/mol. The van der Waals surface area contributed by atoms with Crippen molar-refractivity contribution in [1.82, 2.24) is 4.31 Å². The normalized spacial score (nSPS) is 15.1. The van der Waals surface area contributed by atoms with Crippen molar-refractivity contribution in [2.75, 3.05) is 13.1 Å². The Kier molecular flexibility index (Phi) is 4.24. The Morgan fingerprint density at radius 3 is 2.62 bits per heavy atom. The van der Waals surface area contributed by atoms with E-state index < -0.39 is 27.5 Å². The number of sulfonamides is 1. The maximum absolute atomic E-state index is 12.4. The van der Waals surface area contributed by atoms with Crippen LogP contribution in [-0.2, 0) is 14.8 Å². The van der Waals surface area contributed by atoms with Gasteiger partial charge in [-0.3, -0.25) is 14.9 Å². The number of carbonyl (C=O) groups is 1. The van der Waals surface area contributed by atoms with Gasteiger partial charge in [-0.15, -0.1) is 0 Å². The minimum atomic E-state index is -4.06. The largest absolute Gasteiger partial charge is 0.480 e. The van der Waals surface area contributed by atoms with E-state index in [2.05, 4.69) is 0 Å². The van der Waals surface area contributed by atoms with Crippen LogP contribution in [0, 0.1) is 16.0 Å². The lowest BCUT2D eigenvalue weighted by Gasteiger charge is -2.20. The van der Waals surface area contributed by atoms with Gasteiger partial charge in [-0.25, -0.2) is 8.42 Å². The molecule has 0 spiro atoms. The molecule has 0 aliphatic heterocycles. The zero-order valence-electron chi connectivity index (χ0n) is 11.0. The number of nitrogens with zero attached hydrogens (tertiary/aromatic N) is 2. The van der Waals surface area contributed by atoms with E-state index in [1.165, 1.54) is 18.2 Å². The second-order valence-electron chi connectivity index (χ2n) is 4.89. The smallest absolute Gasteiger partial charge is 0.318 e. The van der Waals surface area contributed by atoms with Crippen LogP contribution in [0.15, 0.2) is 29.2 Å². The molecule has 114 valence electrons. The summed E-state index contributed by atoms with van der Waals surface area (Å²) >= 11 is 0. The fraction of sp³-hybridized carbons (Fsp3) is 0.417. The molecule has 0 aromatic heterocycles. The van der Waals surface area contributed by atoms with Crippen LogP contribution in [0.4, 0.5) is 5.69 Å². The molecule has 2 rings (SSSR count). The summed E-state index contributed by atoms with van der Waals surface area (Å²) in [7, 11) is -4.06. The van der Waals surface area contributed by atoms with Gasteiger partial charge in [-0.05, 0) is 24.8 Å². The predicted octanol–water partition coefficient (Wildman–Crippen LogP) is 1.08. The Labute approximate surface area is 121 Å². The molecule has 1 aromatic rings. The van der Waals surface area contributed by atoms with E-state index in [9.17, 15) is 23.3 Å². The predicted molar refractivity (Wildman–Crippen MR) is 72.2 cm³/mol. The van der Waals surface area contributed by atoms with Gasteiger partial charge in [-0.2, -0.15) is 4.31 Å². The van der Waals surface area contributed by atoms with E-state index in [1.54, 1.807) is 0 Å². The summed E-state index contributed by atoms with van der Waals surface area (Å²) in [6.07, 6.45) is 1.72. The molecule has 9 heteroatoms. The minimum Gasteiger partial charge on any atom is -0.480 e. The van der Waals surface area contributed by atoms with E-state index in [0.29, 0.717) is 0 Å². The van der Waals surface area contributed by atoms with Crippen LogP contribution in [0.2, 0.25) is 0 Å². The number of non-ortho nitro benzene ring substituents is 1. The fourth-order valence-corrected chi connectivity index (χ4v) is 3.40. The SMILES string of the molecule is O=C(O)CN(CC1CC1)S(=O)(=O)c1cccc([N+](=O)[O-])c1. The van der Waals surface area contributed by atoms with Gasteiger partial charge in [0.15, 0.2) is 0 Å². The van der Waals surface area contributed by atoms with Crippen LogP contribution in [0.5, 0.6) is 0 Å². The summed E-state index contributed by atoms with van der Waals surface area (Å²) in [5.41, 5.74) is -0.349. The molecule has 0 amide bonds. The lowest BCUT2D eigenvalue weighted by molar-refractivity contribution is -0.385. The number of hydrogen-bond acceptors (Lipinski definition) is 5. The molecule has 1 aromatic carbocycles. The molecule has 1 aliphatic carbocycles. The number of benzene rings is 1. The third kappa shape index (κ3) is 3.76. The van der Waals surface area contributed by atoms with Gasteiger partial charge >= 0.3 is 5.97 Å². The first-order valence-electron chi connectivity index (χ1n) is 6.27. The molecule has 0 bridgehead atoms. The molecule has 0 atom stereocenters. The van der Waals surface area contributed by atoms with E-state index in [1.807, 2.05) is 0 Å². The van der Waals surface area contributed by atoms with Crippen LogP contribution in [0.1, 0.15) is 12.8 Å². The van der Waals surface area contributed by atoms with Crippen LogP contribution < -0.4 is 0 Å². The van der Waals surface area contributed by atoms with Crippen molar-refractivity contribution >= 4 is 21.7 Å². The summed E-state index contributed by atoms with van der Waals surface area (Å²) in [6, 6.07) is 4.61. The quantitative estimate of drug-likeness (QED) is 0.594. The molecular formula is C12H14N2O6S. The van der Waals surface area contributed by atoms with Gasteiger partial charge in [0.2, 0.25) is 10.0 Å². The Bertz CT molecular complexity index is 668. The molecular weight excluding hydrogens is 300 g/mol. The van der Waals surface area contributed by atoms with Gasteiger partial charge in [0, 0.05) is 18.7 Å². The summed E-state index contributed by atoms with van der Waals surface area (Å²) in [5, 5.41) is 19.6. The molecule has 0 radical (unpaired) electrons. The molecule has 0 saturated heterocycles. The first kappa shape index (κ1) is 15.4. The lowest BCUT2D eigenvalue weighted by Crippen LogP contribution is -2.37. The average Bonchev–Trinajstić information content (AvgIpc) is 3.21. The number of nitro groups is 1. The van der Waals surface area contributed by atoms with Crippen LogP contribution in [0.25, 0.3) is 0 Å². The number of hydrogen-bond donors (Lipinski definition) is 1. The molecule has 21 heavy (non-hydrogen) atoms. The standard InChI is InChI=1S/C12H14N2O6S/c15-12(16)8-13(7-9-4-5-9)21(19,20)11-3-1-2-10(6-11)14(17)18/h1-3,6,9H,4-5,7-8H2,(H,15,16). The molecule has 0 heterocycles. The summed E-state index contributed by atoms with van der Waals surface area (Å²) in [4.78, 5) is 20.6. The van der Waals surface area contributed by atoms with Crippen molar-refractivity contribution in [3.63, 3.8) is 0 Å². The first-order valence-corrected chi connectivity index (χ1v) is 7.71. The summed E-state index contributed by atoms with van der Waals surface area (Å²) in [6.45, 7) is -0.529. The molecule has 1 aliphatic rings. The highest BCUT2D eigenvalue weighted by Gasteiger charge is 2.33. The topological polar surface area (TPSA) is 118 Å². The van der Waals surface area contributed by atoms with Crippen LogP contribution in [-0.4, -0.2) is 41.8 Å². The third-order valence-electron chi connectivity index (χ3n) is 3.14. The molecule has 1 fully saturated rings. The van der Waals surface area contributed by atoms with Gasteiger partial charge in [-0.1, -0.05) is 6.07 Å². The number of rotatable bonds is 7. The maximum Gasteiger partial charge on any atom is 0.318 e. The van der Waals surface area contributed by atoms with E-state index >= 15 is 0 Å². The summed E-state index contributed by atoms with van der Waals surface area (Å²) in [5.74, 6) is -1.09. The van der Waals surface area contributed by atoms with Crippen LogP contribution >= 0.6 is 0 Å². The lowest BCUT2D eigenvalue weighted by atomic mass is 10.3. The second-order valence-corrected chi connectivity index (χ2v) is 6.83. The van der Waals surface area contributed by atoms with Gasteiger partial charge in [0.1, 0.15) is 6.54 Å². The van der Waals surface area contributed by atoms with Crippen molar-refractivity contribution in [2.45, 2.75) is 17.7 Å². The van der Waals surface area contributed by atoms with Crippen molar-refractivity contribution in [2.24, 2.45) is 5.92 Å². The van der Waals surface area contributed by atoms with Crippen molar-refractivity contribution in [3.05, 3.63) is 34.4 Å². The Hall–Kier alpha value is -2.00. The van der Waals surface area contributed by atoms with E-state index in [0.717, 1.165) is 23.2 Å². The Morgan fingerprint density at radius 1 is 1.43 bits per heavy atom. The Morgan fingerprint density at radius 2 is 2.10 bits per heavy atom. The number of nitro benzene ring substituents is 1. The minimum absolute atomic E-state index is 0.122. The fourth-order valence-electron chi connectivity index (χ4n) is 1.89. The molecule has 1 N–H and O–H groups in total. The zero-order chi connectivity index (χ0) is 15.6. The molecule has 8 nitrogen and oxygen atoms in total.